The van der Waals surface area contributed by atoms with Gasteiger partial charge in [0.1, 0.15) is 5.82 Å². The van der Waals surface area contributed by atoms with Gasteiger partial charge >= 0.3 is 0 Å². The number of carbonyl (C=O) groups excluding carboxylic acids is 1. The second kappa shape index (κ2) is 11.5. The van der Waals surface area contributed by atoms with Crippen LogP contribution in [-0.2, 0) is 0 Å². The number of halogens is 2. The number of hydrogen-bond donors (Lipinski definition) is 3. The number of hydrogen-bond acceptors (Lipinski definition) is 2. The average molecular weight is 484 g/mol. The molecule has 0 bridgehead atoms. The van der Waals surface area contributed by atoms with Crippen LogP contribution < -0.4 is 16.0 Å². The molecule has 0 radical (unpaired) electrons. The highest BCUT2D eigenvalue weighted by molar-refractivity contribution is 14.0. The van der Waals surface area contributed by atoms with Crippen molar-refractivity contribution in [2.45, 2.75) is 19.9 Å². The molecule has 0 aromatic heterocycles. The molecule has 2 rings (SSSR count). The van der Waals surface area contributed by atoms with E-state index in [0.29, 0.717) is 30.2 Å². The fourth-order valence-electron chi connectivity index (χ4n) is 2.41. The normalized spacial score (nSPS) is 11.9. The van der Waals surface area contributed by atoms with E-state index in [1.165, 1.54) is 6.07 Å². The van der Waals surface area contributed by atoms with Crippen LogP contribution in [0.1, 0.15) is 34.5 Å². The number of benzene rings is 2. The van der Waals surface area contributed by atoms with E-state index >= 15 is 0 Å². The van der Waals surface area contributed by atoms with Gasteiger partial charge in [-0.3, -0.25) is 9.79 Å². The van der Waals surface area contributed by atoms with Gasteiger partial charge in [-0.1, -0.05) is 30.3 Å². The zero-order valence-electron chi connectivity index (χ0n) is 15.8. The smallest absolute Gasteiger partial charge is 0.251 e. The fraction of sp³-hybridized carbons (Fsp3) is 0.300. The van der Waals surface area contributed by atoms with Crippen LogP contribution in [0.2, 0.25) is 0 Å². The Morgan fingerprint density at radius 2 is 1.78 bits per heavy atom. The van der Waals surface area contributed by atoms with Crippen molar-refractivity contribution in [3.05, 3.63) is 71.0 Å². The molecule has 5 nitrogen and oxygen atoms in total. The molecular formula is C20H26FIN4O. The molecule has 2 aromatic carbocycles. The van der Waals surface area contributed by atoms with Crippen molar-refractivity contribution in [2.75, 3.05) is 20.1 Å². The van der Waals surface area contributed by atoms with E-state index < -0.39 is 0 Å². The predicted octanol–water partition coefficient (Wildman–Crippen LogP) is 3.41. The van der Waals surface area contributed by atoms with Crippen LogP contribution in [0.5, 0.6) is 0 Å². The second-order valence-corrected chi connectivity index (χ2v) is 6.00. The van der Waals surface area contributed by atoms with Crippen LogP contribution in [0.4, 0.5) is 4.39 Å². The Kier molecular flexibility index (Phi) is 9.77. The van der Waals surface area contributed by atoms with Gasteiger partial charge in [0.05, 0.1) is 6.04 Å². The first-order valence-electron chi connectivity index (χ1n) is 8.57. The van der Waals surface area contributed by atoms with Crippen molar-refractivity contribution in [3.8, 4) is 0 Å². The molecule has 1 atom stereocenters. The lowest BCUT2D eigenvalue weighted by Gasteiger charge is -2.19. The molecule has 3 N–H and O–H groups in total. The maximum Gasteiger partial charge on any atom is 0.251 e. The third kappa shape index (κ3) is 7.16. The van der Waals surface area contributed by atoms with Gasteiger partial charge in [-0.25, -0.2) is 4.39 Å². The number of carbonyl (C=O) groups is 1. The topological polar surface area (TPSA) is 65.5 Å². The van der Waals surface area contributed by atoms with Crippen molar-refractivity contribution in [3.63, 3.8) is 0 Å². The van der Waals surface area contributed by atoms with E-state index in [4.69, 9.17) is 0 Å². The zero-order valence-corrected chi connectivity index (χ0v) is 18.1. The molecule has 0 spiro atoms. The van der Waals surface area contributed by atoms with Crippen LogP contribution in [0, 0.1) is 12.7 Å². The molecule has 0 saturated carbocycles. The minimum absolute atomic E-state index is 0. The molecular weight excluding hydrogens is 458 g/mol. The number of nitrogens with zero attached hydrogens (tertiary/aromatic N) is 1. The molecule has 146 valence electrons. The van der Waals surface area contributed by atoms with Crippen LogP contribution in [0.3, 0.4) is 0 Å². The first-order chi connectivity index (χ1) is 12.5. The third-order valence-corrected chi connectivity index (χ3v) is 4.01. The first kappa shape index (κ1) is 22.9. The van der Waals surface area contributed by atoms with Gasteiger partial charge in [-0.05, 0) is 43.2 Å². The maximum absolute atomic E-state index is 13.7. The van der Waals surface area contributed by atoms with E-state index in [0.717, 1.165) is 5.56 Å². The van der Waals surface area contributed by atoms with E-state index in [1.807, 2.05) is 31.2 Å². The molecule has 0 aliphatic rings. The summed E-state index contributed by atoms with van der Waals surface area (Å²) in [4.78, 5) is 16.1. The standard InChI is InChI=1S/C20H25FN4O.HI/c1-14-9-10-17(13-18(14)21)15(2)25-20(22-3)24-12-11-23-19(26)16-7-5-4-6-8-16;/h4-10,13,15H,11-12H2,1-3H3,(H,23,26)(H2,22,24,25);1H. The number of rotatable bonds is 6. The first-order valence-corrected chi connectivity index (χ1v) is 8.57. The van der Waals surface area contributed by atoms with Gasteiger partial charge in [-0.2, -0.15) is 0 Å². The molecule has 7 heteroatoms. The molecule has 0 saturated heterocycles. The van der Waals surface area contributed by atoms with Gasteiger partial charge < -0.3 is 16.0 Å². The summed E-state index contributed by atoms with van der Waals surface area (Å²) in [7, 11) is 1.67. The summed E-state index contributed by atoms with van der Waals surface area (Å²) in [6.45, 7) is 4.66. The highest BCUT2D eigenvalue weighted by atomic mass is 127. The third-order valence-electron chi connectivity index (χ3n) is 4.01. The summed E-state index contributed by atoms with van der Waals surface area (Å²) < 4.78 is 13.7. The second-order valence-electron chi connectivity index (χ2n) is 6.00. The Hall–Kier alpha value is -2.16. The monoisotopic (exact) mass is 484 g/mol. The Morgan fingerprint density at radius 3 is 2.41 bits per heavy atom. The lowest BCUT2D eigenvalue weighted by atomic mass is 10.1. The predicted molar refractivity (Wildman–Crippen MR) is 118 cm³/mol. The van der Waals surface area contributed by atoms with E-state index in [2.05, 4.69) is 20.9 Å². The van der Waals surface area contributed by atoms with Crippen molar-refractivity contribution < 1.29 is 9.18 Å². The summed E-state index contributed by atoms with van der Waals surface area (Å²) in [5.74, 6) is 0.258. The van der Waals surface area contributed by atoms with Crippen molar-refractivity contribution in [1.29, 1.82) is 0 Å². The van der Waals surface area contributed by atoms with Crippen LogP contribution >= 0.6 is 24.0 Å². The maximum atomic E-state index is 13.7. The van der Waals surface area contributed by atoms with Gasteiger partial charge in [0.25, 0.3) is 5.91 Å². The SMILES string of the molecule is CN=C(NCCNC(=O)c1ccccc1)NC(C)c1ccc(C)c(F)c1.I. The Bertz CT molecular complexity index is 768. The Balaban J connectivity index is 0.00000364. The molecule has 1 unspecified atom stereocenters. The van der Waals surface area contributed by atoms with Crippen LogP contribution in [0.25, 0.3) is 0 Å². The minimum atomic E-state index is -0.220. The van der Waals surface area contributed by atoms with Gasteiger partial charge in [0.15, 0.2) is 5.96 Å². The molecule has 2 aromatic rings. The summed E-state index contributed by atoms with van der Waals surface area (Å²) in [6, 6.07) is 14.1. The molecule has 0 aliphatic carbocycles. The Morgan fingerprint density at radius 1 is 1.11 bits per heavy atom. The fourth-order valence-corrected chi connectivity index (χ4v) is 2.41. The largest absolute Gasteiger partial charge is 0.355 e. The van der Waals surface area contributed by atoms with Crippen LogP contribution in [-0.4, -0.2) is 32.0 Å². The lowest BCUT2D eigenvalue weighted by Crippen LogP contribution is -2.42. The van der Waals surface area contributed by atoms with Crippen molar-refractivity contribution >= 4 is 35.8 Å². The van der Waals surface area contributed by atoms with E-state index in [9.17, 15) is 9.18 Å². The molecule has 0 aliphatic heterocycles. The number of guanidine groups is 1. The van der Waals surface area contributed by atoms with E-state index in [-0.39, 0.29) is 41.7 Å². The average Bonchev–Trinajstić information content (AvgIpc) is 2.66. The minimum Gasteiger partial charge on any atom is -0.355 e. The molecule has 27 heavy (non-hydrogen) atoms. The van der Waals surface area contributed by atoms with Crippen molar-refractivity contribution in [1.82, 2.24) is 16.0 Å². The van der Waals surface area contributed by atoms with Gasteiger partial charge in [0, 0.05) is 25.7 Å². The van der Waals surface area contributed by atoms with Gasteiger partial charge in [-0.15, -0.1) is 24.0 Å². The highest BCUT2D eigenvalue weighted by Gasteiger charge is 2.10. The highest BCUT2D eigenvalue weighted by Crippen LogP contribution is 2.16. The number of aryl methyl sites for hydroxylation is 1. The Labute approximate surface area is 176 Å². The van der Waals surface area contributed by atoms with Crippen molar-refractivity contribution in [2.24, 2.45) is 4.99 Å². The number of amides is 1. The summed E-state index contributed by atoms with van der Waals surface area (Å²) in [5, 5.41) is 9.19. The molecule has 0 fully saturated rings. The summed E-state index contributed by atoms with van der Waals surface area (Å²) in [5.41, 5.74) is 2.09. The van der Waals surface area contributed by atoms with E-state index in [1.54, 1.807) is 32.2 Å². The van der Waals surface area contributed by atoms with Gasteiger partial charge in [0.2, 0.25) is 0 Å². The molecule has 1 amide bonds. The van der Waals surface area contributed by atoms with Crippen LogP contribution in [0.15, 0.2) is 53.5 Å². The summed E-state index contributed by atoms with van der Waals surface area (Å²) in [6.07, 6.45) is 0. The quantitative estimate of drug-likeness (QED) is 0.255. The lowest BCUT2D eigenvalue weighted by molar-refractivity contribution is 0.0954. The molecule has 0 heterocycles. The number of nitrogens with one attached hydrogen (secondary N) is 3. The zero-order chi connectivity index (χ0) is 18.9. The summed E-state index contributed by atoms with van der Waals surface area (Å²) >= 11 is 0. The number of aliphatic imine (C=N–C) groups is 1.